The van der Waals surface area contributed by atoms with Crippen LogP contribution in [0.4, 0.5) is 10.8 Å². The van der Waals surface area contributed by atoms with Crippen molar-refractivity contribution in [1.82, 2.24) is 30.2 Å². The van der Waals surface area contributed by atoms with Crippen molar-refractivity contribution in [2.24, 2.45) is 11.8 Å². The van der Waals surface area contributed by atoms with Crippen molar-refractivity contribution in [3.8, 4) is 21.7 Å². The fourth-order valence-electron chi connectivity index (χ4n) is 9.63. The molecule has 4 N–H and O–H groups in total. The highest BCUT2D eigenvalue weighted by Crippen LogP contribution is 2.47. The lowest BCUT2D eigenvalue weighted by molar-refractivity contribution is -0.210. The fraction of sp³-hybridized carbons (Fsp3) is 0.426. The number of fused-ring (bicyclic) bond motifs is 2. The van der Waals surface area contributed by atoms with Crippen LogP contribution in [0.5, 0.6) is 0 Å². The Morgan fingerprint density at radius 3 is 2.20 bits per heavy atom. The van der Waals surface area contributed by atoms with E-state index in [1.54, 1.807) is 31.5 Å². The minimum atomic E-state index is -0.622. The average molecular weight is 843 g/mol. The van der Waals surface area contributed by atoms with Crippen LogP contribution in [-0.4, -0.2) is 59.1 Å². The first-order chi connectivity index (χ1) is 28.7. The number of thiazole rings is 1. The smallest absolute Gasteiger partial charge is 0.260 e. The lowest BCUT2D eigenvalue weighted by Crippen LogP contribution is -2.53. The molecule has 0 radical (unpaired) electrons. The van der Waals surface area contributed by atoms with E-state index in [2.05, 4.69) is 79.5 Å². The molecule has 0 aliphatic carbocycles. The zero-order valence-electron chi connectivity index (χ0n) is 36.1. The van der Waals surface area contributed by atoms with Gasteiger partial charge in [0.05, 0.1) is 50.2 Å². The first-order valence-corrected chi connectivity index (χ1v) is 21.7. The van der Waals surface area contributed by atoms with Crippen molar-refractivity contribution in [3.05, 3.63) is 94.6 Å². The first kappa shape index (κ1) is 42.1. The number of hydrogen-bond acceptors (Lipinski definition) is 11. The standard InChI is InChI=1S/C47H54N8O5S/c1-26-16-30-17-29(10-11-35(30)27(2)50-26)31-18-34(24-48-23-31)53-40(56)32-19-44(4,5)59-46(8,21-32)14-15-47(9)22-33(20-45(6,7)60-47)41(57)55-43-49-25-38(61-43)37-13-12-36-39(54-37)51-28(3)52-42(36)58/h10-13,16-18,23-25,32-33,50H,2,14-15,19-22H2,1,3-9H3,(H,53,56)(H,49,55,57)(H,51,52,54,58). The predicted molar refractivity (Wildman–Crippen MR) is 241 cm³/mol. The summed E-state index contributed by atoms with van der Waals surface area (Å²) in [6.45, 7) is 20.2. The van der Waals surface area contributed by atoms with E-state index in [0.29, 0.717) is 71.9 Å². The highest BCUT2D eigenvalue weighted by atomic mass is 32.1. The molecule has 7 heterocycles. The molecule has 2 fully saturated rings. The molecule has 1 aromatic carbocycles. The van der Waals surface area contributed by atoms with Gasteiger partial charge >= 0.3 is 0 Å². The molecule has 4 atom stereocenters. The van der Waals surface area contributed by atoms with Crippen LogP contribution in [0, 0.1) is 18.8 Å². The molecule has 3 aliphatic heterocycles. The quantitative estimate of drug-likeness (QED) is 0.112. The largest absolute Gasteiger partial charge is 0.369 e. The van der Waals surface area contributed by atoms with E-state index in [0.717, 1.165) is 38.5 Å². The second kappa shape index (κ2) is 15.7. The summed E-state index contributed by atoms with van der Waals surface area (Å²) in [4.78, 5) is 61.6. The third-order valence-electron chi connectivity index (χ3n) is 11.9. The number of aromatic nitrogens is 5. The van der Waals surface area contributed by atoms with Crippen LogP contribution < -0.4 is 21.5 Å². The van der Waals surface area contributed by atoms with Gasteiger partial charge in [-0.25, -0.2) is 15.0 Å². The number of ether oxygens (including phenoxy) is 2. The van der Waals surface area contributed by atoms with Gasteiger partial charge in [0.15, 0.2) is 10.8 Å². The molecule has 2 saturated heterocycles. The highest BCUT2D eigenvalue weighted by Gasteiger charge is 2.48. The lowest BCUT2D eigenvalue weighted by Gasteiger charge is -2.50. The number of aryl methyl sites for hydroxylation is 1. The number of H-pyrrole nitrogens is 1. The Hall–Kier alpha value is -5.57. The molecule has 61 heavy (non-hydrogen) atoms. The average Bonchev–Trinajstić information content (AvgIpc) is 3.63. The van der Waals surface area contributed by atoms with Crippen LogP contribution in [-0.2, 0) is 19.1 Å². The van der Waals surface area contributed by atoms with E-state index in [1.807, 2.05) is 52.9 Å². The van der Waals surface area contributed by atoms with E-state index in [4.69, 9.17) is 9.47 Å². The summed E-state index contributed by atoms with van der Waals surface area (Å²) in [6.07, 6.45) is 10.7. The number of nitrogens with one attached hydrogen (secondary N) is 4. The van der Waals surface area contributed by atoms with Gasteiger partial charge in [0.1, 0.15) is 5.82 Å². The fourth-order valence-corrected chi connectivity index (χ4v) is 10.4. The van der Waals surface area contributed by atoms with Gasteiger partial charge in [-0.15, -0.1) is 0 Å². The molecule has 0 saturated carbocycles. The molecule has 14 heteroatoms. The Morgan fingerprint density at radius 2 is 1.51 bits per heavy atom. The lowest BCUT2D eigenvalue weighted by atomic mass is 9.73. The molecule has 13 nitrogen and oxygen atoms in total. The van der Waals surface area contributed by atoms with E-state index in [1.165, 1.54) is 11.3 Å². The molecular formula is C47H54N8O5S. The maximum atomic E-state index is 14.0. The second-order valence-electron chi connectivity index (χ2n) is 18.8. The number of carbonyl (C=O) groups is 2. The van der Waals surface area contributed by atoms with Gasteiger partial charge in [0, 0.05) is 46.8 Å². The monoisotopic (exact) mass is 842 g/mol. The molecule has 3 aliphatic rings. The van der Waals surface area contributed by atoms with Crippen molar-refractivity contribution in [2.45, 2.75) is 116 Å². The number of rotatable bonds is 9. The number of carbonyl (C=O) groups excluding carboxylic acids is 2. The molecule has 8 rings (SSSR count). The Bertz CT molecular complexity index is 2670. The molecule has 4 unspecified atom stereocenters. The van der Waals surface area contributed by atoms with E-state index < -0.39 is 22.4 Å². The number of aromatic amines is 1. The summed E-state index contributed by atoms with van der Waals surface area (Å²) >= 11 is 1.32. The van der Waals surface area contributed by atoms with E-state index >= 15 is 0 Å². The van der Waals surface area contributed by atoms with Gasteiger partial charge in [0.25, 0.3) is 5.56 Å². The molecule has 0 spiro atoms. The number of benzene rings is 1. The van der Waals surface area contributed by atoms with Crippen molar-refractivity contribution < 1.29 is 19.1 Å². The zero-order chi connectivity index (χ0) is 43.5. The first-order valence-electron chi connectivity index (χ1n) is 20.8. The third-order valence-corrected chi connectivity index (χ3v) is 12.8. The summed E-state index contributed by atoms with van der Waals surface area (Å²) in [5.74, 6) is -0.305. The minimum Gasteiger partial charge on any atom is -0.369 e. The summed E-state index contributed by atoms with van der Waals surface area (Å²) in [5.41, 5.74) is 5.01. The number of allylic oxidation sites excluding steroid dienone is 1. The van der Waals surface area contributed by atoms with E-state index in [-0.39, 0.29) is 29.2 Å². The highest BCUT2D eigenvalue weighted by molar-refractivity contribution is 7.19. The molecule has 2 amide bonds. The Morgan fingerprint density at radius 1 is 0.836 bits per heavy atom. The SMILES string of the molecule is C=C1NC(C)=Cc2cc(-c3cncc(NC(=O)C4CC(C)(C)OC(C)(CCC5(C)CC(C(=O)Nc6ncc(-c7ccc8c(=O)[nH]c(C)nc8n7)s6)CC(C)(C)O5)C4)c3)ccc21. The molecule has 5 aromatic rings. The number of amides is 2. The topological polar surface area (TPSA) is 173 Å². The van der Waals surface area contributed by atoms with Gasteiger partial charge in [-0.2, -0.15) is 0 Å². The number of anilines is 2. The second-order valence-corrected chi connectivity index (χ2v) is 19.8. The molecule has 318 valence electrons. The van der Waals surface area contributed by atoms with Crippen LogP contribution in [0.15, 0.2) is 72.1 Å². The third kappa shape index (κ3) is 9.36. The maximum Gasteiger partial charge on any atom is 0.260 e. The normalized spacial score (nSPS) is 24.3. The van der Waals surface area contributed by atoms with Crippen LogP contribution in [0.1, 0.15) is 104 Å². The Labute approximate surface area is 359 Å². The van der Waals surface area contributed by atoms with Crippen LogP contribution in [0.3, 0.4) is 0 Å². The van der Waals surface area contributed by atoms with Crippen molar-refractivity contribution in [3.63, 3.8) is 0 Å². The molecular weight excluding hydrogens is 789 g/mol. The Kier molecular flexibility index (Phi) is 10.9. The molecule has 4 aromatic heterocycles. The van der Waals surface area contributed by atoms with E-state index in [9.17, 15) is 14.4 Å². The van der Waals surface area contributed by atoms with Crippen LogP contribution in [0.2, 0.25) is 0 Å². The maximum absolute atomic E-state index is 14.0. The number of hydrogen-bond donors (Lipinski definition) is 4. The number of pyridine rings is 2. The van der Waals surface area contributed by atoms with Gasteiger partial charge < -0.3 is 30.4 Å². The van der Waals surface area contributed by atoms with Crippen LogP contribution in [0.25, 0.3) is 44.5 Å². The predicted octanol–water partition coefficient (Wildman–Crippen LogP) is 9.03. The van der Waals surface area contributed by atoms with Gasteiger partial charge in [-0.3, -0.25) is 19.4 Å². The Balaban J connectivity index is 0.915. The van der Waals surface area contributed by atoms with Gasteiger partial charge in [0.2, 0.25) is 11.8 Å². The number of nitrogens with zero attached hydrogens (tertiary/aromatic N) is 4. The minimum absolute atomic E-state index is 0.0605. The van der Waals surface area contributed by atoms with Gasteiger partial charge in [-0.05, 0) is 135 Å². The summed E-state index contributed by atoms with van der Waals surface area (Å²) in [5, 5.41) is 10.4. The van der Waals surface area contributed by atoms with Crippen molar-refractivity contribution >= 4 is 56.8 Å². The van der Waals surface area contributed by atoms with Gasteiger partial charge in [-0.1, -0.05) is 30.0 Å². The summed E-state index contributed by atoms with van der Waals surface area (Å²) < 4.78 is 13.5. The van der Waals surface area contributed by atoms with Crippen molar-refractivity contribution in [2.75, 3.05) is 10.6 Å². The molecule has 0 bridgehead atoms. The van der Waals surface area contributed by atoms with Crippen molar-refractivity contribution in [1.29, 1.82) is 0 Å². The summed E-state index contributed by atoms with van der Waals surface area (Å²) in [6, 6.07) is 11.7. The summed E-state index contributed by atoms with van der Waals surface area (Å²) in [7, 11) is 0. The van der Waals surface area contributed by atoms with Crippen LogP contribution >= 0.6 is 11.3 Å². The zero-order valence-corrected chi connectivity index (χ0v) is 36.9.